The van der Waals surface area contributed by atoms with E-state index < -0.39 is 0 Å². The fraction of sp³-hybridized carbons (Fsp3) is 0.474. The van der Waals surface area contributed by atoms with E-state index in [9.17, 15) is 0 Å². The van der Waals surface area contributed by atoms with E-state index in [0.29, 0.717) is 0 Å². The van der Waals surface area contributed by atoms with Gasteiger partial charge in [-0.1, -0.05) is 17.7 Å². The number of halogens is 1. The van der Waals surface area contributed by atoms with Crippen LogP contribution in [0.2, 0.25) is 5.02 Å². The van der Waals surface area contributed by atoms with Gasteiger partial charge in [-0.05, 0) is 44.4 Å². The van der Waals surface area contributed by atoms with Crippen molar-refractivity contribution in [3.8, 4) is 5.75 Å². The van der Waals surface area contributed by atoms with Gasteiger partial charge in [0.1, 0.15) is 5.75 Å². The lowest BCUT2D eigenvalue weighted by atomic mass is 10.1. The molecule has 7 heteroatoms. The lowest BCUT2D eigenvalue weighted by Gasteiger charge is -2.12. The monoisotopic (exact) mass is 394 g/mol. The molecular formula is C19H27ClN4OS. The third-order valence-corrected chi connectivity index (χ3v) is 5.15. The minimum absolute atomic E-state index is 0.729. The molecule has 1 aromatic heterocycles. The van der Waals surface area contributed by atoms with E-state index in [1.807, 2.05) is 25.1 Å². The van der Waals surface area contributed by atoms with Crippen molar-refractivity contribution in [1.29, 1.82) is 0 Å². The third kappa shape index (κ3) is 6.84. The highest BCUT2D eigenvalue weighted by atomic mass is 35.5. The van der Waals surface area contributed by atoms with Gasteiger partial charge in [0.2, 0.25) is 0 Å². The van der Waals surface area contributed by atoms with Gasteiger partial charge in [0.05, 0.1) is 12.1 Å². The maximum atomic E-state index is 6.29. The average Bonchev–Trinajstić information content (AvgIpc) is 3.05. The predicted molar refractivity (Wildman–Crippen MR) is 111 cm³/mol. The zero-order valence-corrected chi connectivity index (χ0v) is 17.2. The number of rotatable bonds is 9. The summed E-state index contributed by atoms with van der Waals surface area (Å²) in [5.41, 5.74) is 2.19. The molecule has 0 aliphatic rings. The van der Waals surface area contributed by atoms with Crippen LogP contribution in [0.25, 0.3) is 0 Å². The fourth-order valence-electron chi connectivity index (χ4n) is 2.45. The Kier molecular flexibility index (Phi) is 8.71. The van der Waals surface area contributed by atoms with Crippen LogP contribution in [-0.4, -0.2) is 37.7 Å². The normalized spacial score (nSPS) is 11.5. The summed E-state index contributed by atoms with van der Waals surface area (Å²) in [6, 6.07) is 5.78. The molecule has 1 aromatic carbocycles. The Morgan fingerprint density at radius 2 is 2.15 bits per heavy atom. The highest BCUT2D eigenvalue weighted by Crippen LogP contribution is 2.22. The molecule has 0 unspecified atom stereocenters. The van der Waals surface area contributed by atoms with Gasteiger partial charge >= 0.3 is 0 Å². The fourth-order valence-corrected chi connectivity index (χ4v) is 3.54. The Morgan fingerprint density at radius 3 is 2.81 bits per heavy atom. The summed E-state index contributed by atoms with van der Waals surface area (Å²) < 4.78 is 5.18. The minimum Gasteiger partial charge on any atom is -0.497 e. The quantitative estimate of drug-likeness (QED) is 0.385. The second-order valence-electron chi connectivity index (χ2n) is 5.88. The lowest BCUT2D eigenvalue weighted by molar-refractivity contribution is 0.414. The van der Waals surface area contributed by atoms with Crippen LogP contribution in [0.4, 0.5) is 0 Å². The zero-order valence-electron chi connectivity index (χ0n) is 15.6. The highest BCUT2D eigenvalue weighted by molar-refractivity contribution is 7.09. The number of benzene rings is 1. The molecule has 5 nitrogen and oxygen atoms in total. The molecular weight excluding hydrogens is 368 g/mol. The van der Waals surface area contributed by atoms with Crippen LogP contribution in [0.5, 0.6) is 5.75 Å². The van der Waals surface area contributed by atoms with Crippen molar-refractivity contribution in [2.45, 2.75) is 33.1 Å². The summed E-state index contributed by atoms with van der Waals surface area (Å²) in [6.45, 7) is 6.47. The molecule has 0 spiro atoms. The van der Waals surface area contributed by atoms with E-state index in [1.165, 1.54) is 5.01 Å². The molecule has 0 atom stereocenters. The van der Waals surface area contributed by atoms with Crippen LogP contribution in [-0.2, 0) is 12.8 Å². The second-order valence-corrected chi connectivity index (χ2v) is 7.23. The van der Waals surface area contributed by atoms with E-state index in [0.717, 1.165) is 66.9 Å². The number of aromatic nitrogens is 1. The Morgan fingerprint density at radius 1 is 1.31 bits per heavy atom. The smallest absolute Gasteiger partial charge is 0.191 e. The van der Waals surface area contributed by atoms with Crippen molar-refractivity contribution in [3.63, 3.8) is 0 Å². The van der Waals surface area contributed by atoms with Crippen LogP contribution in [0.1, 0.15) is 29.6 Å². The van der Waals surface area contributed by atoms with E-state index in [-0.39, 0.29) is 0 Å². The topological polar surface area (TPSA) is 58.5 Å². The van der Waals surface area contributed by atoms with Crippen LogP contribution >= 0.6 is 22.9 Å². The molecule has 0 aliphatic heterocycles. The number of ether oxygens (including phenoxy) is 1. The maximum Gasteiger partial charge on any atom is 0.191 e. The molecule has 2 N–H and O–H groups in total. The molecule has 0 fully saturated rings. The molecule has 0 saturated carbocycles. The van der Waals surface area contributed by atoms with E-state index in [4.69, 9.17) is 16.3 Å². The molecule has 0 amide bonds. The van der Waals surface area contributed by atoms with Crippen molar-refractivity contribution in [1.82, 2.24) is 15.6 Å². The van der Waals surface area contributed by atoms with E-state index >= 15 is 0 Å². The first kappa shape index (κ1) is 20.5. The first-order valence-corrected chi connectivity index (χ1v) is 10.1. The van der Waals surface area contributed by atoms with Gasteiger partial charge in [0.25, 0.3) is 0 Å². The second kappa shape index (κ2) is 11.0. The molecule has 1 heterocycles. The Hall–Kier alpha value is -1.79. The van der Waals surface area contributed by atoms with Crippen molar-refractivity contribution < 1.29 is 4.74 Å². The van der Waals surface area contributed by atoms with E-state index in [1.54, 1.807) is 18.4 Å². The van der Waals surface area contributed by atoms with Gasteiger partial charge in [0.15, 0.2) is 5.96 Å². The Balaban J connectivity index is 1.77. The molecule has 0 saturated heterocycles. The van der Waals surface area contributed by atoms with E-state index in [2.05, 4.69) is 32.9 Å². The molecule has 2 rings (SSSR count). The summed E-state index contributed by atoms with van der Waals surface area (Å²) in [5, 5.41) is 10.6. The van der Waals surface area contributed by atoms with Gasteiger partial charge in [-0.2, -0.15) is 0 Å². The molecule has 26 heavy (non-hydrogen) atoms. The first-order chi connectivity index (χ1) is 12.6. The van der Waals surface area contributed by atoms with Crippen molar-refractivity contribution in [3.05, 3.63) is 44.9 Å². The number of aliphatic imine (C=N–C) groups is 1. The van der Waals surface area contributed by atoms with Gasteiger partial charge in [-0.15, -0.1) is 11.3 Å². The van der Waals surface area contributed by atoms with Crippen LogP contribution < -0.4 is 15.4 Å². The predicted octanol–water partition coefficient (Wildman–Crippen LogP) is 3.84. The summed E-state index contributed by atoms with van der Waals surface area (Å²) in [4.78, 5) is 9.12. The number of guanidine groups is 1. The molecule has 2 aromatic rings. The first-order valence-electron chi connectivity index (χ1n) is 8.88. The summed E-state index contributed by atoms with van der Waals surface area (Å²) in [5.74, 6) is 1.62. The largest absolute Gasteiger partial charge is 0.497 e. The van der Waals surface area contributed by atoms with Crippen molar-refractivity contribution in [2.75, 3.05) is 26.7 Å². The number of thiazole rings is 1. The number of methoxy groups -OCH3 is 1. The van der Waals surface area contributed by atoms with Crippen LogP contribution in [0, 0.1) is 6.92 Å². The number of hydrogen-bond acceptors (Lipinski definition) is 4. The minimum atomic E-state index is 0.729. The Labute approximate surface area is 164 Å². The summed E-state index contributed by atoms with van der Waals surface area (Å²) in [6.07, 6.45) is 2.79. The van der Waals surface area contributed by atoms with Crippen molar-refractivity contribution in [2.24, 2.45) is 4.99 Å². The lowest BCUT2D eigenvalue weighted by Crippen LogP contribution is -2.38. The van der Waals surface area contributed by atoms with Gasteiger partial charge < -0.3 is 15.4 Å². The maximum absolute atomic E-state index is 6.29. The summed E-state index contributed by atoms with van der Waals surface area (Å²) in [7, 11) is 1.64. The Bertz CT molecular complexity index is 717. The standard InChI is InChI=1S/C19H27ClN4OS/c1-4-21-19(22-10-5-6-18-24-14(2)13-26-18)23-11-9-15-7-8-16(25-3)12-17(15)20/h7-8,12-13H,4-6,9-11H2,1-3H3,(H2,21,22,23). The van der Waals surface area contributed by atoms with Crippen molar-refractivity contribution >= 4 is 28.9 Å². The number of hydrogen-bond donors (Lipinski definition) is 2. The highest BCUT2D eigenvalue weighted by Gasteiger charge is 2.04. The molecule has 0 radical (unpaired) electrons. The third-order valence-electron chi connectivity index (χ3n) is 3.78. The molecule has 142 valence electrons. The number of nitrogens with zero attached hydrogens (tertiary/aromatic N) is 2. The van der Waals surface area contributed by atoms with Gasteiger partial charge in [-0.3, -0.25) is 4.99 Å². The molecule has 0 aliphatic carbocycles. The zero-order chi connectivity index (χ0) is 18.8. The summed E-state index contributed by atoms with van der Waals surface area (Å²) >= 11 is 8.01. The van der Waals surface area contributed by atoms with Crippen LogP contribution in [0.3, 0.4) is 0 Å². The van der Waals surface area contributed by atoms with Crippen LogP contribution in [0.15, 0.2) is 28.6 Å². The molecule has 0 bridgehead atoms. The SMILES string of the molecule is CCNC(=NCCCc1nc(C)cs1)NCCc1ccc(OC)cc1Cl. The number of nitrogens with one attached hydrogen (secondary N) is 2. The number of aryl methyl sites for hydroxylation is 2. The average molecular weight is 395 g/mol. The van der Waals surface area contributed by atoms with Gasteiger partial charge in [0, 0.05) is 42.2 Å². The van der Waals surface area contributed by atoms with Gasteiger partial charge in [-0.25, -0.2) is 4.98 Å².